The maximum Gasteiger partial charge on any atom is 0.255 e. The van der Waals surface area contributed by atoms with Crippen molar-refractivity contribution in [2.45, 2.75) is 6.54 Å². The van der Waals surface area contributed by atoms with Crippen LogP contribution in [0.15, 0.2) is 66.7 Å². The Hall–Kier alpha value is -3.93. The first-order valence-corrected chi connectivity index (χ1v) is 8.95. The number of aromatic nitrogens is 2. The Morgan fingerprint density at radius 1 is 1.00 bits per heavy atom. The number of hydrogen-bond acceptors (Lipinski definition) is 3. The van der Waals surface area contributed by atoms with Crippen molar-refractivity contribution in [3.05, 3.63) is 83.4 Å². The number of rotatable bonds is 3. The molecule has 0 saturated carbocycles. The van der Waals surface area contributed by atoms with Crippen LogP contribution < -0.4 is 10.6 Å². The molecule has 5 rings (SSSR count). The van der Waals surface area contributed by atoms with E-state index in [9.17, 15) is 9.59 Å². The van der Waals surface area contributed by atoms with Crippen LogP contribution in [0.5, 0.6) is 0 Å². The lowest BCUT2D eigenvalue weighted by atomic mass is 10.1. The van der Waals surface area contributed by atoms with Crippen LogP contribution in [-0.2, 0) is 6.54 Å². The van der Waals surface area contributed by atoms with Crippen molar-refractivity contribution in [1.29, 1.82) is 0 Å². The number of carbonyl (C=O) groups excluding carboxylic acids is 2. The maximum absolute atomic E-state index is 12.5. The number of imidazole rings is 1. The van der Waals surface area contributed by atoms with Crippen LogP contribution in [0, 0.1) is 0 Å². The van der Waals surface area contributed by atoms with Crippen LogP contribution in [0.4, 0.5) is 5.69 Å². The Labute approximate surface area is 160 Å². The van der Waals surface area contributed by atoms with Gasteiger partial charge in [0.25, 0.3) is 11.8 Å². The van der Waals surface area contributed by atoms with E-state index in [4.69, 9.17) is 0 Å². The van der Waals surface area contributed by atoms with E-state index in [0.717, 1.165) is 28.0 Å². The molecule has 2 heterocycles. The lowest BCUT2D eigenvalue weighted by molar-refractivity contribution is 0.0965. The van der Waals surface area contributed by atoms with Gasteiger partial charge in [0.2, 0.25) is 0 Å². The number of anilines is 1. The fourth-order valence-electron chi connectivity index (χ4n) is 3.36. The maximum atomic E-state index is 12.5. The third-order valence-corrected chi connectivity index (χ3v) is 4.86. The fourth-order valence-corrected chi connectivity index (χ4v) is 3.36. The van der Waals surface area contributed by atoms with Gasteiger partial charge in [-0.05, 0) is 54.1 Å². The number of fused-ring (bicyclic) bond motifs is 2. The number of hydrogen-bond donors (Lipinski definition) is 3. The lowest BCUT2D eigenvalue weighted by Crippen LogP contribution is -2.14. The Morgan fingerprint density at radius 3 is 2.64 bits per heavy atom. The Bertz CT molecular complexity index is 1190. The molecule has 4 aromatic rings. The van der Waals surface area contributed by atoms with Crippen LogP contribution in [0.25, 0.3) is 22.4 Å². The van der Waals surface area contributed by atoms with Crippen molar-refractivity contribution in [3.8, 4) is 11.4 Å². The SMILES string of the molecule is O=C(Nc1ccc(-c2nc3ccccc3[nH]2)cc1)c1ccc2c(c1)C(=O)NC2. The molecule has 3 N–H and O–H groups in total. The first-order valence-electron chi connectivity index (χ1n) is 8.95. The molecule has 0 atom stereocenters. The molecule has 6 nitrogen and oxygen atoms in total. The molecular formula is C22H16N4O2. The molecule has 3 aromatic carbocycles. The average Bonchev–Trinajstić information content (AvgIpc) is 3.32. The van der Waals surface area contributed by atoms with Crippen LogP contribution in [0.3, 0.4) is 0 Å². The number of aromatic amines is 1. The molecule has 2 amide bonds. The van der Waals surface area contributed by atoms with Gasteiger partial charge in [0.1, 0.15) is 5.82 Å². The summed E-state index contributed by atoms with van der Waals surface area (Å²) in [5, 5.41) is 5.62. The zero-order valence-electron chi connectivity index (χ0n) is 14.8. The summed E-state index contributed by atoms with van der Waals surface area (Å²) in [4.78, 5) is 32.2. The molecule has 0 radical (unpaired) electrons. The molecule has 1 aliphatic heterocycles. The van der Waals surface area contributed by atoms with Crippen LogP contribution in [0.2, 0.25) is 0 Å². The standard InChI is InChI=1S/C22H16N4O2/c27-21(14-5-6-15-12-23-22(28)17(15)11-14)24-16-9-7-13(8-10-16)20-25-18-3-1-2-4-19(18)26-20/h1-11H,12H2,(H,23,28)(H,24,27)(H,25,26). The summed E-state index contributed by atoms with van der Waals surface area (Å²) in [6.45, 7) is 0.513. The molecule has 0 unspecified atom stereocenters. The molecule has 0 fully saturated rings. The number of para-hydroxylation sites is 2. The molecule has 1 aromatic heterocycles. The zero-order chi connectivity index (χ0) is 19.1. The van der Waals surface area contributed by atoms with Crippen LogP contribution in [-0.4, -0.2) is 21.8 Å². The summed E-state index contributed by atoms with van der Waals surface area (Å²) in [6.07, 6.45) is 0. The summed E-state index contributed by atoms with van der Waals surface area (Å²) in [6, 6.07) is 20.5. The van der Waals surface area contributed by atoms with Gasteiger partial charge in [-0.15, -0.1) is 0 Å². The highest BCUT2D eigenvalue weighted by atomic mass is 16.2. The molecule has 0 bridgehead atoms. The van der Waals surface area contributed by atoms with Crippen LogP contribution in [0.1, 0.15) is 26.3 Å². The summed E-state index contributed by atoms with van der Waals surface area (Å²) in [5.41, 5.74) is 5.44. The molecule has 28 heavy (non-hydrogen) atoms. The highest BCUT2D eigenvalue weighted by Gasteiger charge is 2.20. The van der Waals surface area contributed by atoms with E-state index in [2.05, 4.69) is 20.6 Å². The van der Waals surface area contributed by atoms with E-state index >= 15 is 0 Å². The monoisotopic (exact) mass is 368 g/mol. The van der Waals surface area contributed by atoms with Crippen molar-refractivity contribution in [1.82, 2.24) is 15.3 Å². The molecule has 0 spiro atoms. The Kier molecular flexibility index (Phi) is 3.69. The quantitative estimate of drug-likeness (QED) is 0.515. The summed E-state index contributed by atoms with van der Waals surface area (Å²) >= 11 is 0. The van der Waals surface area contributed by atoms with Gasteiger partial charge in [0, 0.05) is 28.9 Å². The Morgan fingerprint density at radius 2 is 1.82 bits per heavy atom. The predicted octanol–water partition coefficient (Wildman–Crippen LogP) is 3.73. The van der Waals surface area contributed by atoms with Gasteiger partial charge in [-0.2, -0.15) is 0 Å². The van der Waals surface area contributed by atoms with Gasteiger partial charge in [0.05, 0.1) is 11.0 Å². The highest BCUT2D eigenvalue weighted by Crippen LogP contribution is 2.23. The van der Waals surface area contributed by atoms with Gasteiger partial charge in [-0.1, -0.05) is 18.2 Å². The van der Waals surface area contributed by atoms with E-state index < -0.39 is 0 Å². The summed E-state index contributed by atoms with van der Waals surface area (Å²) in [5.74, 6) is 0.391. The second-order valence-electron chi connectivity index (χ2n) is 6.69. The smallest absolute Gasteiger partial charge is 0.255 e. The molecular weight excluding hydrogens is 352 g/mol. The van der Waals surface area contributed by atoms with Crippen molar-refractivity contribution in [3.63, 3.8) is 0 Å². The van der Waals surface area contributed by atoms with E-state index in [1.165, 1.54) is 0 Å². The van der Waals surface area contributed by atoms with Crippen molar-refractivity contribution in [2.75, 3.05) is 5.32 Å². The van der Waals surface area contributed by atoms with Crippen molar-refractivity contribution < 1.29 is 9.59 Å². The third-order valence-electron chi connectivity index (χ3n) is 4.86. The minimum atomic E-state index is -0.251. The van der Waals surface area contributed by atoms with E-state index in [-0.39, 0.29) is 11.8 Å². The zero-order valence-corrected chi connectivity index (χ0v) is 14.8. The fraction of sp³-hybridized carbons (Fsp3) is 0.0455. The largest absolute Gasteiger partial charge is 0.348 e. The van der Waals surface area contributed by atoms with Gasteiger partial charge in [-0.25, -0.2) is 4.98 Å². The number of nitrogens with one attached hydrogen (secondary N) is 3. The van der Waals surface area contributed by atoms with Crippen LogP contribution >= 0.6 is 0 Å². The molecule has 0 saturated heterocycles. The highest BCUT2D eigenvalue weighted by molar-refractivity contribution is 6.07. The van der Waals surface area contributed by atoms with Crippen molar-refractivity contribution >= 4 is 28.5 Å². The lowest BCUT2D eigenvalue weighted by Gasteiger charge is -2.07. The predicted molar refractivity (Wildman–Crippen MR) is 107 cm³/mol. The molecule has 0 aliphatic carbocycles. The first-order chi connectivity index (χ1) is 13.7. The molecule has 136 valence electrons. The van der Waals surface area contributed by atoms with E-state index in [1.807, 2.05) is 54.6 Å². The first kappa shape index (κ1) is 16.3. The van der Waals surface area contributed by atoms with Gasteiger partial charge >= 0.3 is 0 Å². The topological polar surface area (TPSA) is 86.9 Å². The number of carbonyl (C=O) groups is 2. The Balaban J connectivity index is 1.35. The summed E-state index contributed by atoms with van der Waals surface area (Å²) < 4.78 is 0. The van der Waals surface area contributed by atoms with E-state index in [0.29, 0.717) is 23.4 Å². The number of nitrogens with zero attached hydrogens (tertiary/aromatic N) is 1. The van der Waals surface area contributed by atoms with Gasteiger partial charge in [-0.3, -0.25) is 9.59 Å². The van der Waals surface area contributed by atoms with Crippen molar-refractivity contribution in [2.24, 2.45) is 0 Å². The number of benzene rings is 3. The number of H-pyrrole nitrogens is 1. The number of amides is 2. The minimum Gasteiger partial charge on any atom is -0.348 e. The third kappa shape index (κ3) is 2.81. The van der Waals surface area contributed by atoms with E-state index in [1.54, 1.807) is 12.1 Å². The van der Waals surface area contributed by atoms with Gasteiger partial charge in [0.15, 0.2) is 0 Å². The molecule has 1 aliphatic rings. The summed E-state index contributed by atoms with van der Waals surface area (Å²) in [7, 11) is 0. The van der Waals surface area contributed by atoms with Gasteiger partial charge < -0.3 is 15.6 Å². The minimum absolute atomic E-state index is 0.139. The second kappa shape index (κ2) is 6.35. The average molecular weight is 368 g/mol. The normalized spacial score (nSPS) is 12.6. The molecule has 6 heteroatoms. The second-order valence-corrected chi connectivity index (χ2v) is 6.69.